The molecule has 0 aliphatic carbocycles. The summed E-state index contributed by atoms with van der Waals surface area (Å²) >= 11 is 6.66. The Morgan fingerprint density at radius 2 is 2.42 bits per heavy atom. The fraction of sp³-hybridized carbons (Fsp3) is 0.500. The highest BCUT2D eigenvalue weighted by Gasteiger charge is 2.08. The summed E-state index contributed by atoms with van der Waals surface area (Å²) in [6, 6.07) is 0. The van der Waals surface area contributed by atoms with E-state index in [1.807, 2.05) is 0 Å². The number of carbonyl (C=O) groups excluding carboxylic acids is 1. The van der Waals surface area contributed by atoms with Gasteiger partial charge in [0.25, 0.3) is 5.24 Å². The van der Waals surface area contributed by atoms with Crippen LogP contribution < -0.4 is 0 Å². The van der Waals surface area contributed by atoms with Gasteiger partial charge in [0, 0.05) is 6.42 Å². The van der Waals surface area contributed by atoms with E-state index in [1.54, 1.807) is 0 Å². The van der Waals surface area contributed by atoms with E-state index in [-0.39, 0.29) is 0 Å². The van der Waals surface area contributed by atoms with Gasteiger partial charge in [-0.15, -0.1) is 11.3 Å². The molecule has 0 amide bonds. The van der Waals surface area contributed by atoms with Crippen LogP contribution in [0.4, 0.5) is 0 Å². The van der Waals surface area contributed by atoms with Crippen LogP contribution >= 0.6 is 22.9 Å². The molecule has 1 aromatic heterocycles. The van der Waals surface area contributed by atoms with E-state index in [0.29, 0.717) is 10.8 Å². The average molecular weight is 204 g/mol. The van der Waals surface area contributed by atoms with Crippen LogP contribution in [0.25, 0.3) is 0 Å². The van der Waals surface area contributed by atoms with E-state index < -0.39 is 5.24 Å². The standard InChI is InChI=1S/C8H10ClNOS/c1-5(2)3-7-10-4-6(12-7)8(9)11/h4-5H,3H2,1-2H3. The predicted molar refractivity (Wildman–Crippen MR) is 50.8 cm³/mol. The lowest BCUT2D eigenvalue weighted by Crippen LogP contribution is -1.91. The number of rotatable bonds is 3. The van der Waals surface area contributed by atoms with E-state index in [0.717, 1.165) is 11.4 Å². The Balaban J connectivity index is 2.71. The maximum absolute atomic E-state index is 10.7. The minimum absolute atomic E-state index is 0.414. The van der Waals surface area contributed by atoms with Crippen molar-refractivity contribution in [2.45, 2.75) is 20.3 Å². The lowest BCUT2D eigenvalue weighted by atomic mass is 10.1. The van der Waals surface area contributed by atoms with E-state index in [1.165, 1.54) is 17.5 Å². The summed E-state index contributed by atoms with van der Waals surface area (Å²) in [6.07, 6.45) is 2.45. The minimum atomic E-state index is -0.414. The number of thiazole rings is 1. The van der Waals surface area contributed by atoms with Gasteiger partial charge in [0.1, 0.15) is 4.88 Å². The summed E-state index contributed by atoms with van der Waals surface area (Å²) < 4.78 is 0. The third-order valence-electron chi connectivity index (χ3n) is 1.33. The largest absolute Gasteiger partial charge is 0.275 e. The van der Waals surface area contributed by atoms with E-state index in [2.05, 4.69) is 18.8 Å². The van der Waals surface area contributed by atoms with Crippen molar-refractivity contribution in [2.75, 3.05) is 0 Å². The van der Waals surface area contributed by atoms with E-state index in [4.69, 9.17) is 11.6 Å². The van der Waals surface area contributed by atoms with E-state index >= 15 is 0 Å². The highest BCUT2D eigenvalue weighted by Crippen LogP contribution is 2.17. The van der Waals surface area contributed by atoms with E-state index in [9.17, 15) is 4.79 Å². The molecular formula is C8H10ClNOS. The Labute approximate surface area is 80.6 Å². The summed E-state index contributed by atoms with van der Waals surface area (Å²) in [5.41, 5.74) is 0. The minimum Gasteiger partial charge on any atom is -0.275 e. The summed E-state index contributed by atoms with van der Waals surface area (Å²) in [5.74, 6) is 0.564. The molecule has 0 saturated heterocycles. The van der Waals surface area contributed by atoms with Crippen molar-refractivity contribution in [3.05, 3.63) is 16.1 Å². The number of aromatic nitrogens is 1. The number of carbonyl (C=O) groups is 1. The maximum Gasteiger partial charge on any atom is 0.264 e. The quantitative estimate of drug-likeness (QED) is 0.708. The molecule has 0 aliphatic rings. The fourth-order valence-corrected chi connectivity index (χ4v) is 1.97. The van der Waals surface area contributed by atoms with Crippen molar-refractivity contribution >= 4 is 28.2 Å². The van der Waals surface area contributed by atoms with Gasteiger partial charge < -0.3 is 0 Å². The van der Waals surface area contributed by atoms with Crippen LogP contribution in [-0.2, 0) is 6.42 Å². The Morgan fingerprint density at radius 1 is 1.75 bits per heavy atom. The average Bonchev–Trinajstić information content (AvgIpc) is 2.34. The van der Waals surface area contributed by atoms with Gasteiger partial charge in [-0.2, -0.15) is 0 Å². The first kappa shape index (κ1) is 9.68. The van der Waals surface area contributed by atoms with Gasteiger partial charge in [-0.05, 0) is 17.5 Å². The summed E-state index contributed by atoms with van der Waals surface area (Å²) in [4.78, 5) is 15.3. The molecule has 0 radical (unpaired) electrons. The first-order chi connectivity index (χ1) is 5.59. The van der Waals surface area contributed by atoms with Crippen LogP contribution in [0.2, 0.25) is 0 Å². The zero-order valence-corrected chi connectivity index (χ0v) is 8.58. The van der Waals surface area contributed by atoms with Gasteiger partial charge in [-0.3, -0.25) is 4.79 Å². The van der Waals surface area contributed by atoms with Gasteiger partial charge in [0.2, 0.25) is 0 Å². The van der Waals surface area contributed by atoms with Gasteiger partial charge in [-0.25, -0.2) is 4.98 Å². The zero-order chi connectivity index (χ0) is 9.14. The van der Waals surface area contributed by atoms with Crippen molar-refractivity contribution in [1.29, 1.82) is 0 Å². The van der Waals surface area contributed by atoms with Crippen molar-refractivity contribution < 1.29 is 4.79 Å². The molecule has 0 bridgehead atoms. The van der Waals surface area contributed by atoms with Crippen LogP contribution in [0.15, 0.2) is 6.20 Å². The molecule has 0 N–H and O–H groups in total. The Kier molecular flexibility index (Phi) is 3.23. The molecule has 2 nitrogen and oxygen atoms in total. The molecule has 0 saturated carbocycles. The second kappa shape index (κ2) is 4.01. The van der Waals surface area contributed by atoms with Gasteiger partial charge >= 0.3 is 0 Å². The Bertz CT molecular complexity index is 282. The molecule has 0 fully saturated rings. The SMILES string of the molecule is CC(C)Cc1ncc(C(=O)Cl)s1. The molecule has 1 rings (SSSR count). The van der Waals surface area contributed by atoms with Crippen molar-refractivity contribution in [1.82, 2.24) is 4.98 Å². The predicted octanol–water partition coefficient (Wildman–Crippen LogP) is 2.72. The first-order valence-corrected chi connectivity index (χ1v) is 4.93. The van der Waals surface area contributed by atoms with Crippen molar-refractivity contribution in [2.24, 2.45) is 5.92 Å². The molecule has 4 heteroatoms. The smallest absolute Gasteiger partial charge is 0.264 e. The molecule has 1 aromatic rings. The molecule has 0 unspecified atom stereocenters. The summed E-state index contributed by atoms with van der Waals surface area (Å²) in [7, 11) is 0. The monoisotopic (exact) mass is 203 g/mol. The van der Waals surface area contributed by atoms with Crippen molar-refractivity contribution in [3.8, 4) is 0 Å². The third kappa shape index (κ3) is 2.57. The van der Waals surface area contributed by atoms with Crippen LogP contribution in [0.5, 0.6) is 0 Å². The Morgan fingerprint density at radius 3 is 2.83 bits per heavy atom. The Hall–Kier alpha value is -0.410. The van der Waals surface area contributed by atoms with Crippen LogP contribution in [0.1, 0.15) is 28.5 Å². The molecule has 0 spiro atoms. The highest BCUT2D eigenvalue weighted by atomic mass is 35.5. The lowest BCUT2D eigenvalue weighted by molar-refractivity contribution is 0.108. The van der Waals surface area contributed by atoms with Crippen LogP contribution in [-0.4, -0.2) is 10.2 Å². The van der Waals surface area contributed by atoms with Crippen LogP contribution in [0.3, 0.4) is 0 Å². The zero-order valence-electron chi connectivity index (χ0n) is 7.00. The van der Waals surface area contributed by atoms with Gasteiger partial charge in [0.05, 0.1) is 11.2 Å². The molecular weight excluding hydrogens is 194 g/mol. The molecule has 1 heterocycles. The molecule has 0 aliphatic heterocycles. The summed E-state index contributed by atoms with van der Waals surface area (Å²) in [5, 5.41) is 0.566. The molecule has 0 atom stereocenters. The molecule has 12 heavy (non-hydrogen) atoms. The number of hydrogen-bond acceptors (Lipinski definition) is 3. The van der Waals surface area contributed by atoms with Gasteiger partial charge in [0.15, 0.2) is 0 Å². The number of hydrogen-bond donors (Lipinski definition) is 0. The van der Waals surface area contributed by atoms with Gasteiger partial charge in [-0.1, -0.05) is 13.8 Å². The fourth-order valence-electron chi connectivity index (χ4n) is 0.845. The second-order valence-corrected chi connectivity index (χ2v) is 4.45. The second-order valence-electron chi connectivity index (χ2n) is 2.99. The highest BCUT2D eigenvalue weighted by molar-refractivity contribution is 7.15. The topological polar surface area (TPSA) is 30.0 Å². The third-order valence-corrected chi connectivity index (χ3v) is 2.66. The maximum atomic E-state index is 10.7. The van der Waals surface area contributed by atoms with Crippen molar-refractivity contribution in [3.63, 3.8) is 0 Å². The summed E-state index contributed by atoms with van der Waals surface area (Å²) in [6.45, 7) is 4.23. The molecule has 0 aromatic carbocycles. The number of halogens is 1. The van der Waals surface area contributed by atoms with Crippen LogP contribution in [0, 0.1) is 5.92 Å². The molecule has 66 valence electrons. The lowest BCUT2D eigenvalue weighted by Gasteiger charge is -1.97. The number of nitrogens with zero attached hydrogens (tertiary/aromatic N) is 1. The first-order valence-electron chi connectivity index (χ1n) is 3.74. The normalized spacial score (nSPS) is 10.7.